The summed E-state index contributed by atoms with van der Waals surface area (Å²) in [6, 6.07) is 7.57. The van der Waals surface area contributed by atoms with Gasteiger partial charge in [-0.2, -0.15) is 0 Å². The summed E-state index contributed by atoms with van der Waals surface area (Å²) in [5, 5.41) is 14.8. The second-order valence-electron chi connectivity index (χ2n) is 5.44. The fourth-order valence-corrected chi connectivity index (χ4v) is 3.36. The predicted octanol–water partition coefficient (Wildman–Crippen LogP) is 3.39. The van der Waals surface area contributed by atoms with E-state index in [1.165, 1.54) is 6.42 Å². The summed E-state index contributed by atoms with van der Waals surface area (Å²) >= 11 is 5.91. The molecule has 1 heterocycles. The van der Waals surface area contributed by atoms with Gasteiger partial charge < -0.3 is 9.94 Å². The van der Waals surface area contributed by atoms with Crippen LogP contribution >= 0.6 is 11.6 Å². The zero-order valence-corrected chi connectivity index (χ0v) is 11.6. The molecule has 0 saturated heterocycles. The summed E-state index contributed by atoms with van der Waals surface area (Å²) in [5.41, 5.74) is 1.58. The van der Waals surface area contributed by atoms with Crippen LogP contribution in [0.25, 0.3) is 0 Å². The highest BCUT2D eigenvalue weighted by Crippen LogP contribution is 2.43. The molecule has 1 saturated carbocycles. The van der Waals surface area contributed by atoms with Gasteiger partial charge in [-0.3, -0.25) is 0 Å². The van der Waals surface area contributed by atoms with Crippen LogP contribution in [0.15, 0.2) is 29.4 Å². The molecule has 0 bridgehead atoms. The van der Waals surface area contributed by atoms with E-state index >= 15 is 0 Å². The Labute approximate surface area is 118 Å². The van der Waals surface area contributed by atoms with Crippen molar-refractivity contribution in [1.82, 2.24) is 0 Å². The third-order valence-corrected chi connectivity index (χ3v) is 4.57. The number of hydrogen-bond acceptors (Lipinski definition) is 3. The maximum Gasteiger partial charge on any atom is 0.148 e. The molecule has 0 aromatic heterocycles. The fraction of sp³-hybridized carbons (Fsp3) is 0.533. The van der Waals surface area contributed by atoms with Gasteiger partial charge >= 0.3 is 0 Å². The summed E-state index contributed by atoms with van der Waals surface area (Å²) in [6.45, 7) is 0.0848. The Morgan fingerprint density at radius 2 is 1.89 bits per heavy atom. The average Bonchev–Trinajstić information content (AvgIpc) is 2.78. The smallest absolute Gasteiger partial charge is 0.148 e. The normalized spacial score (nSPS) is 25.2. The van der Waals surface area contributed by atoms with Gasteiger partial charge in [0.2, 0.25) is 0 Å². The molecule has 1 spiro atoms. The standard InChI is InChI=1S/C15H18ClNO2/c16-12-6-4-11(5-7-12)14-13(10-18)15(19-17-14)8-2-1-3-9-15/h4-7,13,18H,1-3,8-10H2. The Kier molecular flexibility index (Phi) is 3.50. The number of aliphatic hydroxyl groups is 1. The highest BCUT2D eigenvalue weighted by atomic mass is 35.5. The Hall–Kier alpha value is -1.06. The van der Waals surface area contributed by atoms with E-state index in [4.69, 9.17) is 16.4 Å². The third kappa shape index (κ3) is 2.26. The molecule has 102 valence electrons. The fourth-order valence-electron chi connectivity index (χ4n) is 3.23. The van der Waals surface area contributed by atoms with Crippen LogP contribution in [0, 0.1) is 5.92 Å². The molecule has 1 unspecified atom stereocenters. The molecular formula is C15H18ClNO2. The first kappa shape index (κ1) is 12.9. The van der Waals surface area contributed by atoms with Gasteiger partial charge in [-0.1, -0.05) is 35.3 Å². The first-order valence-corrected chi connectivity index (χ1v) is 7.26. The number of nitrogens with zero attached hydrogens (tertiary/aromatic N) is 1. The van der Waals surface area contributed by atoms with Gasteiger partial charge in [-0.05, 0) is 43.4 Å². The van der Waals surface area contributed by atoms with E-state index in [1.54, 1.807) is 0 Å². The lowest BCUT2D eigenvalue weighted by Gasteiger charge is -2.35. The van der Waals surface area contributed by atoms with E-state index in [1.807, 2.05) is 24.3 Å². The molecule has 0 radical (unpaired) electrons. The van der Waals surface area contributed by atoms with Crippen LogP contribution < -0.4 is 0 Å². The van der Waals surface area contributed by atoms with E-state index in [9.17, 15) is 5.11 Å². The summed E-state index contributed by atoms with van der Waals surface area (Å²) in [7, 11) is 0. The van der Waals surface area contributed by atoms with Crippen molar-refractivity contribution >= 4 is 17.3 Å². The monoisotopic (exact) mass is 279 g/mol. The molecule has 4 heteroatoms. The van der Waals surface area contributed by atoms with Crippen molar-refractivity contribution in [2.24, 2.45) is 11.1 Å². The number of oxime groups is 1. The van der Waals surface area contributed by atoms with Crippen molar-refractivity contribution in [2.45, 2.75) is 37.7 Å². The molecule has 1 aromatic rings. The number of rotatable bonds is 2. The molecule has 0 amide bonds. The van der Waals surface area contributed by atoms with Gasteiger partial charge in [0.05, 0.1) is 18.2 Å². The summed E-state index contributed by atoms with van der Waals surface area (Å²) < 4.78 is 0. The minimum atomic E-state index is -0.276. The van der Waals surface area contributed by atoms with Crippen LogP contribution in [0.5, 0.6) is 0 Å². The average molecular weight is 280 g/mol. The summed E-state index contributed by atoms with van der Waals surface area (Å²) in [5.74, 6) is -0.0195. The molecule has 3 nitrogen and oxygen atoms in total. The lowest BCUT2D eigenvalue weighted by Crippen LogP contribution is -2.43. The largest absolute Gasteiger partial charge is 0.396 e. The van der Waals surface area contributed by atoms with E-state index in [0.29, 0.717) is 5.02 Å². The molecular weight excluding hydrogens is 262 g/mol. The highest BCUT2D eigenvalue weighted by molar-refractivity contribution is 6.30. The Bertz CT molecular complexity index is 477. The SMILES string of the molecule is OCC1C(c2ccc(Cl)cc2)=NOC12CCCCC2. The van der Waals surface area contributed by atoms with Gasteiger partial charge in [-0.15, -0.1) is 0 Å². The van der Waals surface area contributed by atoms with Crippen molar-refractivity contribution in [2.75, 3.05) is 6.61 Å². The van der Waals surface area contributed by atoms with Crippen LogP contribution in [0.3, 0.4) is 0 Å². The Morgan fingerprint density at radius 3 is 2.53 bits per heavy atom. The number of aliphatic hydroxyl groups excluding tert-OH is 1. The van der Waals surface area contributed by atoms with Crippen molar-refractivity contribution < 1.29 is 9.94 Å². The second kappa shape index (κ2) is 5.14. The van der Waals surface area contributed by atoms with Crippen LogP contribution in [0.2, 0.25) is 5.02 Å². The maximum absolute atomic E-state index is 9.78. The van der Waals surface area contributed by atoms with Crippen molar-refractivity contribution in [1.29, 1.82) is 0 Å². The van der Waals surface area contributed by atoms with E-state index in [0.717, 1.165) is 37.0 Å². The van der Waals surface area contributed by atoms with Crippen LogP contribution in [0.1, 0.15) is 37.7 Å². The van der Waals surface area contributed by atoms with Crippen LogP contribution in [-0.2, 0) is 4.84 Å². The number of benzene rings is 1. The molecule has 1 aliphatic heterocycles. The topological polar surface area (TPSA) is 41.8 Å². The molecule has 1 aliphatic carbocycles. The number of halogens is 1. The molecule has 1 N–H and O–H groups in total. The first-order chi connectivity index (χ1) is 9.25. The first-order valence-electron chi connectivity index (χ1n) is 6.88. The number of hydrogen-bond donors (Lipinski definition) is 1. The quantitative estimate of drug-likeness (QED) is 0.902. The minimum Gasteiger partial charge on any atom is -0.396 e. The van der Waals surface area contributed by atoms with Gasteiger partial charge in [0.15, 0.2) is 0 Å². The lowest BCUT2D eigenvalue weighted by atomic mass is 9.73. The van der Waals surface area contributed by atoms with Crippen molar-refractivity contribution in [3.8, 4) is 0 Å². The Morgan fingerprint density at radius 1 is 1.21 bits per heavy atom. The maximum atomic E-state index is 9.78. The van der Waals surface area contributed by atoms with Crippen molar-refractivity contribution in [3.05, 3.63) is 34.9 Å². The van der Waals surface area contributed by atoms with E-state index in [-0.39, 0.29) is 18.1 Å². The van der Waals surface area contributed by atoms with Gasteiger partial charge in [-0.25, -0.2) is 0 Å². The van der Waals surface area contributed by atoms with Crippen LogP contribution in [-0.4, -0.2) is 23.0 Å². The van der Waals surface area contributed by atoms with E-state index < -0.39 is 0 Å². The molecule has 1 fully saturated rings. The van der Waals surface area contributed by atoms with Gasteiger partial charge in [0.1, 0.15) is 5.60 Å². The highest BCUT2D eigenvalue weighted by Gasteiger charge is 2.49. The lowest BCUT2D eigenvalue weighted by molar-refractivity contribution is -0.0792. The summed E-state index contributed by atoms with van der Waals surface area (Å²) in [4.78, 5) is 5.78. The van der Waals surface area contributed by atoms with E-state index in [2.05, 4.69) is 5.16 Å². The zero-order chi connectivity index (χ0) is 13.3. The summed E-state index contributed by atoms with van der Waals surface area (Å²) in [6.07, 6.45) is 5.52. The predicted molar refractivity (Wildman–Crippen MR) is 75.5 cm³/mol. The van der Waals surface area contributed by atoms with Crippen molar-refractivity contribution in [3.63, 3.8) is 0 Å². The van der Waals surface area contributed by atoms with Gasteiger partial charge in [0.25, 0.3) is 0 Å². The Balaban J connectivity index is 1.88. The third-order valence-electron chi connectivity index (χ3n) is 4.31. The minimum absolute atomic E-state index is 0.0195. The molecule has 3 rings (SSSR count). The molecule has 2 aliphatic rings. The molecule has 1 atom stereocenters. The molecule has 1 aromatic carbocycles. The molecule has 19 heavy (non-hydrogen) atoms. The van der Waals surface area contributed by atoms with Crippen LogP contribution in [0.4, 0.5) is 0 Å². The zero-order valence-electron chi connectivity index (χ0n) is 10.8. The van der Waals surface area contributed by atoms with Gasteiger partial charge in [0, 0.05) is 5.02 Å². The second-order valence-corrected chi connectivity index (χ2v) is 5.87.